The second-order valence-electron chi connectivity index (χ2n) is 4.29. The molecule has 0 aliphatic rings. The predicted octanol–water partition coefficient (Wildman–Crippen LogP) is 0.543. The second-order valence-corrected chi connectivity index (χ2v) is 4.29. The number of rotatable bonds is 5. The number of aromatic carboxylic acids is 1. The fraction of sp³-hybridized carbons (Fsp3) is 0.0833. The number of para-hydroxylation sites is 1. The molecule has 0 radical (unpaired) electrons. The molecule has 0 aliphatic heterocycles. The largest absolute Gasteiger partial charge is 0.476 e. The number of hydrogen-bond donors (Lipinski definition) is 3. The highest BCUT2D eigenvalue weighted by Gasteiger charge is 2.23. The number of carbonyl (C=O) groups is 1. The number of aromatic nitrogens is 5. The molecule has 0 saturated heterocycles. The first-order valence-electron chi connectivity index (χ1n) is 6.22. The van der Waals surface area contributed by atoms with Crippen molar-refractivity contribution in [2.24, 2.45) is 0 Å². The smallest absolute Gasteiger partial charge is 0.358 e. The van der Waals surface area contributed by atoms with E-state index in [1.54, 1.807) is 0 Å². The molecule has 0 amide bonds. The molecular weight excluding hydrogens is 290 g/mol. The van der Waals surface area contributed by atoms with Crippen molar-refractivity contribution in [3.8, 4) is 5.82 Å². The molecule has 3 aromatic rings. The van der Waals surface area contributed by atoms with Crippen molar-refractivity contribution in [3.63, 3.8) is 0 Å². The van der Waals surface area contributed by atoms with Crippen LogP contribution in [0.15, 0.2) is 35.0 Å². The SMILES string of the molecule is Nc1nonc1-n1nnc(C(=O)O)c1CNc1ccccc1. The lowest BCUT2D eigenvalue weighted by atomic mass is 10.2. The van der Waals surface area contributed by atoms with Crippen LogP contribution in [0.2, 0.25) is 0 Å². The Labute approximate surface area is 123 Å². The van der Waals surface area contributed by atoms with E-state index < -0.39 is 5.97 Å². The van der Waals surface area contributed by atoms with Gasteiger partial charge in [-0.15, -0.1) is 5.10 Å². The number of carboxylic acid groups (broad SMARTS) is 1. The minimum atomic E-state index is -1.20. The average Bonchev–Trinajstić information content (AvgIpc) is 3.11. The second kappa shape index (κ2) is 5.52. The van der Waals surface area contributed by atoms with Crippen LogP contribution in [0, 0.1) is 0 Å². The van der Waals surface area contributed by atoms with Gasteiger partial charge in [0.05, 0.1) is 6.54 Å². The summed E-state index contributed by atoms with van der Waals surface area (Å²) >= 11 is 0. The van der Waals surface area contributed by atoms with Crippen molar-refractivity contribution >= 4 is 17.5 Å². The van der Waals surface area contributed by atoms with Gasteiger partial charge in [0.25, 0.3) is 0 Å². The molecule has 22 heavy (non-hydrogen) atoms. The normalized spacial score (nSPS) is 10.5. The first-order valence-corrected chi connectivity index (χ1v) is 6.22. The maximum absolute atomic E-state index is 11.3. The van der Waals surface area contributed by atoms with Gasteiger partial charge in [0.2, 0.25) is 11.6 Å². The summed E-state index contributed by atoms with van der Waals surface area (Å²) in [5.74, 6) is -1.13. The molecule has 3 rings (SSSR count). The lowest BCUT2D eigenvalue weighted by Crippen LogP contribution is -2.12. The highest BCUT2D eigenvalue weighted by atomic mass is 16.6. The van der Waals surface area contributed by atoms with E-state index in [2.05, 4.69) is 30.6 Å². The van der Waals surface area contributed by atoms with Crippen LogP contribution < -0.4 is 11.1 Å². The van der Waals surface area contributed by atoms with E-state index >= 15 is 0 Å². The highest BCUT2D eigenvalue weighted by molar-refractivity contribution is 5.86. The van der Waals surface area contributed by atoms with E-state index in [9.17, 15) is 9.90 Å². The van der Waals surface area contributed by atoms with Crippen LogP contribution in [0.4, 0.5) is 11.5 Å². The molecule has 0 unspecified atom stereocenters. The number of nitrogens with one attached hydrogen (secondary N) is 1. The van der Waals surface area contributed by atoms with Crippen LogP contribution >= 0.6 is 0 Å². The minimum Gasteiger partial charge on any atom is -0.476 e. The number of carboxylic acids is 1. The van der Waals surface area contributed by atoms with Crippen LogP contribution in [0.3, 0.4) is 0 Å². The lowest BCUT2D eigenvalue weighted by Gasteiger charge is -2.07. The van der Waals surface area contributed by atoms with Gasteiger partial charge >= 0.3 is 5.97 Å². The van der Waals surface area contributed by atoms with Gasteiger partial charge in [0.1, 0.15) is 5.69 Å². The van der Waals surface area contributed by atoms with Crippen LogP contribution in [0.5, 0.6) is 0 Å². The standard InChI is InChI=1S/C12H11N7O3/c13-10-11(17-22-16-10)19-8(9(12(20)21)15-18-19)6-14-7-4-2-1-3-5-7/h1-5,14H,6H2,(H2,13,16)(H,20,21). The molecule has 4 N–H and O–H groups in total. The van der Waals surface area contributed by atoms with Gasteiger partial charge in [-0.25, -0.2) is 9.42 Å². The molecule has 1 aromatic carbocycles. The van der Waals surface area contributed by atoms with Crippen molar-refractivity contribution in [2.75, 3.05) is 11.1 Å². The van der Waals surface area contributed by atoms with Crippen LogP contribution in [0.25, 0.3) is 5.82 Å². The van der Waals surface area contributed by atoms with Crippen molar-refractivity contribution in [1.29, 1.82) is 0 Å². The maximum atomic E-state index is 11.3. The van der Waals surface area contributed by atoms with Crippen molar-refractivity contribution in [2.45, 2.75) is 6.54 Å². The zero-order valence-corrected chi connectivity index (χ0v) is 11.2. The fourth-order valence-electron chi connectivity index (χ4n) is 1.88. The number of nitrogen functional groups attached to an aromatic ring is 1. The van der Waals surface area contributed by atoms with E-state index in [1.807, 2.05) is 30.3 Å². The zero-order valence-electron chi connectivity index (χ0n) is 11.2. The minimum absolute atomic E-state index is 0.0113. The number of benzene rings is 1. The summed E-state index contributed by atoms with van der Waals surface area (Å²) in [5, 5.41) is 26.7. The summed E-state index contributed by atoms with van der Waals surface area (Å²) in [6.07, 6.45) is 0. The molecule has 2 aromatic heterocycles. The van der Waals surface area contributed by atoms with Crippen LogP contribution in [-0.2, 0) is 6.54 Å². The lowest BCUT2D eigenvalue weighted by molar-refractivity contribution is 0.0689. The quantitative estimate of drug-likeness (QED) is 0.614. The third-order valence-electron chi connectivity index (χ3n) is 2.90. The third kappa shape index (κ3) is 2.44. The van der Waals surface area contributed by atoms with Gasteiger partial charge in [-0.2, -0.15) is 4.68 Å². The number of hydrogen-bond acceptors (Lipinski definition) is 8. The molecule has 0 fully saturated rings. The molecule has 0 bridgehead atoms. The van der Waals surface area contributed by atoms with Gasteiger partial charge in [0.15, 0.2) is 5.69 Å². The Morgan fingerprint density at radius 3 is 2.73 bits per heavy atom. The van der Waals surface area contributed by atoms with Crippen molar-refractivity contribution in [1.82, 2.24) is 25.3 Å². The first-order chi connectivity index (χ1) is 10.7. The van der Waals surface area contributed by atoms with E-state index in [0.29, 0.717) is 0 Å². The van der Waals surface area contributed by atoms with Crippen molar-refractivity contribution in [3.05, 3.63) is 41.7 Å². The molecule has 0 atom stereocenters. The Morgan fingerprint density at radius 2 is 2.09 bits per heavy atom. The topological polar surface area (TPSA) is 145 Å². The molecule has 0 aliphatic carbocycles. The number of nitrogens with two attached hydrogens (primary N) is 1. The van der Waals surface area contributed by atoms with Gasteiger partial charge in [0, 0.05) is 5.69 Å². The van der Waals surface area contributed by atoms with Crippen LogP contribution in [-0.4, -0.2) is 36.4 Å². The Bertz CT molecular complexity index is 796. The first kappa shape index (κ1) is 13.5. The Hall–Kier alpha value is -3.43. The molecule has 2 heterocycles. The summed E-state index contributed by atoms with van der Waals surface area (Å²) in [6.45, 7) is 0.158. The molecule has 0 saturated carbocycles. The summed E-state index contributed by atoms with van der Waals surface area (Å²) in [6, 6.07) is 9.29. The van der Waals surface area contributed by atoms with E-state index in [4.69, 9.17) is 5.73 Å². The van der Waals surface area contributed by atoms with E-state index in [-0.39, 0.29) is 29.6 Å². The molecule has 10 heteroatoms. The van der Waals surface area contributed by atoms with E-state index in [1.165, 1.54) is 4.68 Å². The summed E-state index contributed by atoms with van der Waals surface area (Å²) in [4.78, 5) is 11.3. The van der Waals surface area contributed by atoms with Gasteiger partial charge in [-0.3, -0.25) is 0 Å². The predicted molar refractivity (Wildman–Crippen MR) is 74.4 cm³/mol. The number of anilines is 2. The summed E-state index contributed by atoms with van der Waals surface area (Å²) < 4.78 is 5.69. The average molecular weight is 301 g/mol. The molecule has 0 spiro atoms. The maximum Gasteiger partial charge on any atom is 0.358 e. The van der Waals surface area contributed by atoms with Crippen molar-refractivity contribution < 1.29 is 14.5 Å². The summed E-state index contributed by atoms with van der Waals surface area (Å²) in [5.41, 5.74) is 6.50. The Kier molecular flexibility index (Phi) is 3.40. The number of nitrogens with zero attached hydrogens (tertiary/aromatic N) is 5. The monoisotopic (exact) mass is 301 g/mol. The van der Waals surface area contributed by atoms with Crippen LogP contribution in [0.1, 0.15) is 16.2 Å². The fourth-order valence-corrected chi connectivity index (χ4v) is 1.88. The zero-order chi connectivity index (χ0) is 15.5. The van der Waals surface area contributed by atoms with E-state index in [0.717, 1.165) is 5.69 Å². The van der Waals surface area contributed by atoms with Gasteiger partial charge in [-0.05, 0) is 22.4 Å². The third-order valence-corrected chi connectivity index (χ3v) is 2.90. The summed E-state index contributed by atoms with van der Waals surface area (Å²) in [7, 11) is 0. The molecule has 112 valence electrons. The Morgan fingerprint density at radius 1 is 1.32 bits per heavy atom. The Balaban J connectivity index is 1.95. The van der Waals surface area contributed by atoms with Gasteiger partial charge in [-0.1, -0.05) is 23.4 Å². The molecular formula is C12H11N7O3. The highest BCUT2D eigenvalue weighted by Crippen LogP contribution is 2.17. The molecule has 10 nitrogen and oxygen atoms in total. The van der Waals surface area contributed by atoms with Gasteiger partial charge < -0.3 is 16.2 Å².